The molecule has 2 aromatic carbocycles. The van der Waals surface area contributed by atoms with Crippen LogP contribution >= 0.6 is 0 Å². The van der Waals surface area contributed by atoms with Crippen LogP contribution in [-0.2, 0) is 36.7 Å². The van der Waals surface area contributed by atoms with Crippen molar-refractivity contribution in [2.24, 2.45) is 5.92 Å². The molecule has 0 spiro atoms. The third-order valence-electron chi connectivity index (χ3n) is 6.48. The number of hydrogen-bond acceptors (Lipinski definition) is 8. The van der Waals surface area contributed by atoms with Gasteiger partial charge >= 0.3 is 5.97 Å². The maximum absolute atomic E-state index is 13.5. The zero-order valence-corrected chi connectivity index (χ0v) is 22.9. The number of esters is 1. The molecule has 0 aliphatic carbocycles. The van der Waals surface area contributed by atoms with E-state index in [0.717, 1.165) is 23.3 Å². The highest BCUT2D eigenvalue weighted by Gasteiger charge is 2.28. The average Bonchev–Trinajstić information content (AvgIpc) is 2.93. The number of allylic oxidation sites excluding steroid dienone is 2. The number of cyclic esters (lactones) is 1. The average molecular weight is 529 g/mol. The van der Waals surface area contributed by atoms with E-state index in [9.17, 15) is 4.79 Å². The molecule has 0 fully saturated rings. The molecule has 3 atom stereocenters. The molecule has 38 heavy (non-hydrogen) atoms. The SMILES string of the molecule is COCOc1cccc2c1C(=O)O[C@@H](CCOCc1ccc(OC)cc1)C[C@@H](OCOC)[C@@H](C)C/C=C/C2. The fraction of sp³-hybridized carbons (Fsp3) is 0.500. The van der Waals surface area contributed by atoms with E-state index in [1.165, 1.54) is 0 Å². The summed E-state index contributed by atoms with van der Waals surface area (Å²) < 4.78 is 39.2. The Kier molecular flexibility index (Phi) is 12.6. The first-order chi connectivity index (χ1) is 18.5. The molecule has 208 valence electrons. The van der Waals surface area contributed by atoms with Crippen molar-refractivity contribution >= 4 is 5.97 Å². The summed E-state index contributed by atoms with van der Waals surface area (Å²) in [4.78, 5) is 13.5. The Bertz CT molecular complexity index is 1000. The molecule has 1 aliphatic heterocycles. The van der Waals surface area contributed by atoms with Crippen molar-refractivity contribution in [1.82, 2.24) is 0 Å². The fourth-order valence-electron chi connectivity index (χ4n) is 4.33. The van der Waals surface area contributed by atoms with E-state index in [2.05, 4.69) is 19.1 Å². The van der Waals surface area contributed by atoms with Crippen LogP contribution in [0.25, 0.3) is 0 Å². The zero-order valence-electron chi connectivity index (χ0n) is 22.9. The summed E-state index contributed by atoms with van der Waals surface area (Å²) in [5.41, 5.74) is 2.30. The zero-order chi connectivity index (χ0) is 27.2. The Morgan fingerprint density at radius 3 is 2.50 bits per heavy atom. The quantitative estimate of drug-likeness (QED) is 0.158. The van der Waals surface area contributed by atoms with Gasteiger partial charge in [0.2, 0.25) is 0 Å². The van der Waals surface area contributed by atoms with Crippen molar-refractivity contribution in [3.63, 3.8) is 0 Å². The number of methoxy groups -OCH3 is 3. The van der Waals surface area contributed by atoms with Gasteiger partial charge in [-0.1, -0.05) is 43.3 Å². The predicted molar refractivity (Wildman–Crippen MR) is 143 cm³/mol. The molecule has 0 bridgehead atoms. The summed E-state index contributed by atoms with van der Waals surface area (Å²) in [5, 5.41) is 0. The standard InChI is InChI=1S/C30H40O8/c1-22-8-5-6-9-24-10-7-11-27(36-20-32-2)29(24)30(31)38-26(18-28(22)37-21-33-3)16-17-35-19-23-12-14-25(34-4)15-13-23/h5-7,10-15,22,26,28H,8-9,16-21H2,1-4H3/b6-5+/t22-,26-,28+/m0/s1. The number of ether oxygens (including phenoxy) is 7. The summed E-state index contributed by atoms with van der Waals surface area (Å²) in [6, 6.07) is 13.3. The number of rotatable bonds is 12. The Morgan fingerprint density at radius 2 is 1.76 bits per heavy atom. The molecule has 0 radical (unpaired) electrons. The van der Waals surface area contributed by atoms with Crippen molar-refractivity contribution < 1.29 is 38.0 Å². The van der Waals surface area contributed by atoms with E-state index >= 15 is 0 Å². The van der Waals surface area contributed by atoms with Gasteiger partial charge in [-0.2, -0.15) is 0 Å². The monoisotopic (exact) mass is 528 g/mol. The first-order valence-electron chi connectivity index (χ1n) is 13.0. The van der Waals surface area contributed by atoms with Gasteiger partial charge in [0.05, 0.1) is 26.4 Å². The molecule has 0 saturated heterocycles. The molecule has 0 saturated carbocycles. The van der Waals surface area contributed by atoms with Gasteiger partial charge in [-0.25, -0.2) is 4.79 Å². The van der Waals surface area contributed by atoms with Crippen LogP contribution < -0.4 is 9.47 Å². The van der Waals surface area contributed by atoms with E-state index < -0.39 is 12.1 Å². The van der Waals surface area contributed by atoms with Crippen molar-refractivity contribution in [2.45, 2.75) is 51.4 Å². The second-order valence-corrected chi connectivity index (χ2v) is 9.29. The molecule has 0 unspecified atom stereocenters. The highest BCUT2D eigenvalue weighted by molar-refractivity contribution is 5.94. The fourth-order valence-corrected chi connectivity index (χ4v) is 4.33. The minimum absolute atomic E-state index is 0.0344. The third-order valence-corrected chi connectivity index (χ3v) is 6.48. The van der Waals surface area contributed by atoms with E-state index in [1.807, 2.05) is 36.4 Å². The molecule has 1 aliphatic rings. The Balaban J connectivity index is 1.77. The van der Waals surface area contributed by atoms with E-state index in [1.54, 1.807) is 27.4 Å². The van der Waals surface area contributed by atoms with Gasteiger partial charge in [0.1, 0.15) is 30.0 Å². The molecular formula is C30H40O8. The van der Waals surface area contributed by atoms with E-state index in [-0.39, 0.29) is 25.6 Å². The van der Waals surface area contributed by atoms with Gasteiger partial charge < -0.3 is 33.2 Å². The molecular weight excluding hydrogens is 488 g/mol. The molecule has 0 amide bonds. The van der Waals surface area contributed by atoms with Crippen molar-refractivity contribution in [3.05, 3.63) is 71.3 Å². The van der Waals surface area contributed by atoms with Crippen LogP contribution in [-0.4, -0.2) is 59.7 Å². The molecule has 3 rings (SSSR count). The van der Waals surface area contributed by atoms with Crippen LogP contribution in [0, 0.1) is 5.92 Å². The lowest BCUT2D eigenvalue weighted by Crippen LogP contribution is -2.32. The predicted octanol–water partition coefficient (Wildman–Crippen LogP) is 5.33. The third kappa shape index (κ3) is 9.13. The minimum Gasteiger partial charge on any atom is -0.497 e. The summed E-state index contributed by atoms with van der Waals surface area (Å²) in [6.07, 6.45) is 6.09. The number of carbonyl (C=O) groups excluding carboxylic acids is 1. The van der Waals surface area contributed by atoms with Gasteiger partial charge in [0.25, 0.3) is 0 Å². The molecule has 1 heterocycles. The van der Waals surface area contributed by atoms with Crippen LogP contribution in [0.5, 0.6) is 11.5 Å². The summed E-state index contributed by atoms with van der Waals surface area (Å²) in [5.74, 6) is 1.01. The molecule has 0 aromatic heterocycles. The number of fused-ring (bicyclic) bond motifs is 1. The second-order valence-electron chi connectivity index (χ2n) is 9.29. The smallest absolute Gasteiger partial charge is 0.342 e. The van der Waals surface area contributed by atoms with Crippen LogP contribution in [0.1, 0.15) is 47.7 Å². The summed E-state index contributed by atoms with van der Waals surface area (Å²) in [7, 11) is 4.78. The maximum Gasteiger partial charge on any atom is 0.342 e. The van der Waals surface area contributed by atoms with Crippen LogP contribution in [0.3, 0.4) is 0 Å². The molecule has 8 nitrogen and oxygen atoms in total. The molecule has 0 N–H and O–H groups in total. The van der Waals surface area contributed by atoms with Crippen LogP contribution in [0.4, 0.5) is 0 Å². The number of benzene rings is 2. The van der Waals surface area contributed by atoms with Gasteiger partial charge in [0, 0.05) is 27.1 Å². The number of carbonyl (C=O) groups is 1. The summed E-state index contributed by atoms with van der Waals surface area (Å²) >= 11 is 0. The van der Waals surface area contributed by atoms with Crippen molar-refractivity contribution in [1.29, 1.82) is 0 Å². The van der Waals surface area contributed by atoms with Gasteiger partial charge in [-0.15, -0.1) is 0 Å². The maximum atomic E-state index is 13.5. The molecule has 8 heteroatoms. The minimum atomic E-state index is -0.432. The molecule has 2 aromatic rings. The summed E-state index contributed by atoms with van der Waals surface area (Å²) in [6.45, 7) is 3.22. The topological polar surface area (TPSA) is 81.7 Å². The lowest BCUT2D eigenvalue weighted by atomic mass is 9.93. The van der Waals surface area contributed by atoms with Gasteiger partial charge in [0.15, 0.2) is 6.79 Å². The Hall–Kier alpha value is -2.91. The first kappa shape index (κ1) is 29.6. The number of hydrogen-bond donors (Lipinski definition) is 0. The van der Waals surface area contributed by atoms with E-state index in [0.29, 0.717) is 43.8 Å². The first-order valence-corrected chi connectivity index (χ1v) is 13.0. The Labute approximate surface area is 225 Å². The van der Waals surface area contributed by atoms with E-state index in [4.69, 9.17) is 33.2 Å². The lowest BCUT2D eigenvalue weighted by Gasteiger charge is -2.28. The second kappa shape index (κ2) is 16.1. The highest BCUT2D eigenvalue weighted by Crippen LogP contribution is 2.28. The largest absolute Gasteiger partial charge is 0.497 e. The van der Waals surface area contributed by atoms with Crippen LogP contribution in [0.2, 0.25) is 0 Å². The van der Waals surface area contributed by atoms with Gasteiger partial charge in [-0.05, 0) is 48.1 Å². The normalized spacial score (nSPS) is 20.9. The van der Waals surface area contributed by atoms with Crippen molar-refractivity contribution in [2.75, 3.05) is 41.5 Å². The van der Waals surface area contributed by atoms with Gasteiger partial charge in [-0.3, -0.25) is 0 Å². The highest BCUT2D eigenvalue weighted by atomic mass is 16.7. The van der Waals surface area contributed by atoms with Crippen molar-refractivity contribution in [3.8, 4) is 11.5 Å². The van der Waals surface area contributed by atoms with Crippen LogP contribution in [0.15, 0.2) is 54.6 Å². The lowest BCUT2D eigenvalue weighted by molar-refractivity contribution is -0.104. The Morgan fingerprint density at radius 1 is 0.974 bits per heavy atom.